The standard InChI is InChI=1S/C37H45BrN2O8/c1-5-40-19-34(48-33(42)22-15-21(38)11-12-25(22)39-32(41)20-9-7-6-8-10-20)14-13-29(46-3)36-27(34)17-24(30(36)40)35(43)18-26(45-2)23-16-28(36)37(35,44)31(23)47-4/h6-12,15,23-24,26-31,43-44H,5,13-14,16-19H2,1-4H3,(H,39,41)/t23-,24+,26+,27-,28+,29+,30+,31+,34-,35+,36+,37+/m1/s1. The molecular formula is C37H45BrN2O8. The van der Waals surface area contributed by atoms with Gasteiger partial charge in [-0.2, -0.15) is 0 Å². The highest BCUT2D eigenvalue weighted by molar-refractivity contribution is 9.10. The van der Waals surface area contributed by atoms with Crippen LogP contribution in [-0.2, 0) is 18.9 Å². The number of likely N-dealkylation sites (N-methyl/N-ethyl adjacent to an activating group) is 1. The number of fused-ring (bicyclic) bond motifs is 2. The highest BCUT2D eigenvalue weighted by atomic mass is 79.9. The Labute approximate surface area is 289 Å². The minimum absolute atomic E-state index is 0.0710. The van der Waals surface area contributed by atoms with Crippen LogP contribution in [0.25, 0.3) is 0 Å². The van der Waals surface area contributed by atoms with E-state index in [0.717, 1.165) is 0 Å². The number of nitrogens with one attached hydrogen (secondary N) is 1. The van der Waals surface area contributed by atoms with Crippen molar-refractivity contribution >= 4 is 33.5 Å². The van der Waals surface area contributed by atoms with E-state index in [1.165, 1.54) is 0 Å². The Balaban J connectivity index is 1.22. The van der Waals surface area contributed by atoms with Crippen LogP contribution < -0.4 is 5.32 Å². The van der Waals surface area contributed by atoms with Crippen molar-refractivity contribution in [2.45, 2.75) is 80.2 Å². The van der Waals surface area contributed by atoms with Gasteiger partial charge in [0.05, 0.1) is 29.6 Å². The van der Waals surface area contributed by atoms with Gasteiger partial charge < -0.3 is 34.5 Å². The molecule has 1 amide bonds. The molecule has 1 aliphatic heterocycles. The number of carbonyl (C=O) groups is 2. The quantitative estimate of drug-likeness (QED) is 0.342. The van der Waals surface area contributed by atoms with Gasteiger partial charge in [-0.25, -0.2) is 4.79 Å². The molecule has 0 radical (unpaired) electrons. The summed E-state index contributed by atoms with van der Waals surface area (Å²) in [6.07, 6.45) is 1.73. The Morgan fingerprint density at radius 1 is 1.02 bits per heavy atom. The first-order valence-electron chi connectivity index (χ1n) is 17.2. The highest BCUT2D eigenvalue weighted by Gasteiger charge is 2.89. The number of carbonyl (C=O) groups excluding carboxylic acids is 2. The van der Waals surface area contributed by atoms with Crippen molar-refractivity contribution in [2.24, 2.45) is 29.1 Å². The summed E-state index contributed by atoms with van der Waals surface area (Å²) in [5.41, 5.74) is -3.34. The molecule has 3 N–H and O–H groups in total. The lowest BCUT2D eigenvalue weighted by Gasteiger charge is -2.70. The summed E-state index contributed by atoms with van der Waals surface area (Å²) < 4.78 is 26.0. The predicted molar refractivity (Wildman–Crippen MR) is 179 cm³/mol. The van der Waals surface area contributed by atoms with Crippen molar-refractivity contribution in [3.8, 4) is 0 Å². The van der Waals surface area contributed by atoms with E-state index in [1.807, 2.05) is 6.07 Å². The number of likely N-dealkylation sites (tertiary alicyclic amines) is 1. The van der Waals surface area contributed by atoms with Crippen molar-refractivity contribution in [1.29, 1.82) is 0 Å². The number of anilines is 1. The number of aliphatic hydroxyl groups is 2. The molecule has 5 aliphatic carbocycles. The zero-order valence-corrected chi connectivity index (χ0v) is 29.4. The van der Waals surface area contributed by atoms with Crippen molar-refractivity contribution in [1.82, 2.24) is 4.90 Å². The number of amides is 1. The zero-order valence-electron chi connectivity index (χ0n) is 27.9. The van der Waals surface area contributed by atoms with Gasteiger partial charge in [0.15, 0.2) is 0 Å². The van der Waals surface area contributed by atoms with Gasteiger partial charge in [-0.1, -0.05) is 41.1 Å². The van der Waals surface area contributed by atoms with E-state index in [2.05, 4.69) is 33.1 Å². The molecule has 0 aromatic heterocycles. The minimum atomic E-state index is -1.50. The molecule has 7 bridgehead atoms. The van der Waals surface area contributed by atoms with E-state index < -0.39 is 34.3 Å². The van der Waals surface area contributed by atoms with Gasteiger partial charge in [0.25, 0.3) is 5.91 Å². The molecule has 1 heterocycles. The third-order valence-electron chi connectivity index (χ3n) is 13.7. The number of hydrogen-bond acceptors (Lipinski definition) is 9. The highest BCUT2D eigenvalue weighted by Crippen LogP contribution is 2.79. The molecule has 11 heteroatoms. The van der Waals surface area contributed by atoms with E-state index in [4.69, 9.17) is 18.9 Å². The summed E-state index contributed by atoms with van der Waals surface area (Å²) >= 11 is 3.52. The van der Waals surface area contributed by atoms with Crippen molar-refractivity contribution in [3.63, 3.8) is 0 Å². The number of benzene rings is 2. The average Bonchev–Trinajstić information content (AvgIpc) is 3.52. The molecule has 1 spiro atoms. The van der Waals surface area contributed by atoms with Crippen LogP contribution >= 0.6 is 15.9 Å². The van der Waals surface area contributed by atoms with Crippen molar-refractivity contribution in [2.75, 3.05) is 39.7 Å². The number of ether oxygens (including phenoxy) is 4. The van der Waals surface area contributed by atoms with Crippen LogP contribution in [0, 0.1) is 29.1 Å². The van der Waals surface area contributed by atoms with Gasteiger partial charge in [0.1, 0.15) is 16.8 Å². The molecule has 0 unspecified atom stereocenters. The largest absolute Gasteiger partial charge is 0.454 e. The summed E-state index contributed by atoms with van der Waals surface area (Å²) in [4.78, 5) is 30.1. The second-order valence-electron chi connectivity index (χ2n) is 15.0. The van der Waals surface area contributed by atoms with Crippen LogP contribution in [0.3, 0.4) is 0 Å². The molecule has 8 rings (SSSR count). The summed E-state index contributed by atoms with van der Waals surface area (Å²) in [5.74, 6) is -1.76. The molecule has 258 valence electrons. The molecule has 12 atom stereocenters. The predicted octanol–water partition coefficient (Wildman–Crippen LogP) is 4.28. The van der Waals surface area contributed by atoms with Crippen LogP contribution in [-0.4, -0.2) is 103 Å². The fourth-order valence-electron chi connectivity index (χ4n) is 12.2. The summed E-state index contributed by atoms with van der Waals surface area (Å²) in [6.45, 7) is 3.32. The van der Waals surface area contributed by atoms with Gasteiger partial charge in [0, 0.05) is 79.5 Å². The van der Waals surface area contributed by atoms with E-state index in [-0.39, 0.29) is 53.4 Å². The molecule has 48 heavy (non-hydrogen) atoms. The second kappa shape index (κ2) is 11.3. The molecule has 1 saturated heterocycles. The number of methoxy groups -OCH3 is 3. The van der Waals surface area contributed by atoms with Gasteiger partial charge in [-0.3, -0.25) is 9.69 Å². The smallest absolute Gasteiger partial charge is 0.340 e. The minimum Gasteiger partial charge on any atom is -0.454 e. The fraction of sp³-hybridized carbons (Fsp3) is 0.622. The van der Waals surface area contributed by atoms with Crippen molar-refractivity contribution < 1.29 is 38.7 Å². The maximum absolute atomic E-state index is 14.5. The molecule has 6 fully saturated rings. The maximum Gasteiger partial charge on any atom is 0.340 e. The second-order valence-corrected chi connectivity index (χ2v) is 15.9. The third-order valence-corrected chi connectivity index (χ3v) is 14.2. The van der Waals surface area contributed by atoms with E-state index >= 15 is 0 Å². The maximum atomic E-state index is 14.5. The number of piperidine rings is 1. The van der Waals surface area contributed by atoms with Gasteiger partial charge in [-0.05, 0) is 62.6 Å². The van der Waals surface area contributed by atoms with Crippen LogP contribution in [0.2, 0.25) is 0 Å². The first-order valence-corrected chi connectivity index (χ1v) is 18.0. The van der Waals surface area contributed by atoms with Gasteiger partial charge >= 0.3 is 5.97 Å². The Morgan fingerprint density at radius 3 is 2.48 bits per heavy atom. The first-order chi connectivity index (χ1) is 23.0. The molecule has 2 aromatic rings. The number of halogens is 1. The number of esters is 1. The van der Waals surface area contributed by atoms with E-state index in [1.54, 1.807) is 63.8 Å². The molecule has 6 aliphatic rings. The first kappa shape index (κ1) is 32.8. The summed E-state index contributed by atoms with van der Waals surface area (Å²) in [6, 6.07) is 14.0. The lowest BCUT2D eigenvalue weighted by Crippen LogP contribution is -2.83. The SMILES string of the molecule is CCN1C[C@]2(OC(=O)c3cc(Br)ccc3NC(=O)c3ccccc3)CC[C@H](OC)[C@]34[C@@H]1[C@H](C[C@H]23)[C@@]1(O)C[C@H](OC)[C@H]2C[C@@H]4[C@]1(O)[C@H]2OC. The number of hydrogen-bond donors (Lipinski definition) is 3. The average molecular weight is 726 g/mol. The monoisotopic (exact) mass is 724 g/mol. The Morgan fingerprint density at radius 2 is 1.79 bits per heavy atom. The topological polar surface area (TPSA) is 127 Å². The molecular weight excluding hydrogens is 680 g/mol. The summed E-state index contributed by atoms with van der Waals surface area (Å²) in [7, 11) is 5.05. The summed E-state index contributed by atoms with van der Waals surface area (Å²) in [5, 5.41) is 28.8. The Kier molecular flexibility index (Phi) is 7.73. The zero-order chi connectivity index (χ0) is 33.8. The van der Waals surface area contributed by atoms with Gasteiger partial charge in [-0.15, -0.1) is 0 Å². The third kappa shape index (κ3) is 4.01. The molecule has 2 aromatic carbocycles. The lowest BCUT2D eigenvalue weighted by molar-refractivity contribution is -0.337. The normalized spacial score (nSPS) is 43.6. The van der Waals surface area contributed by atoms with E-state index in [9.17, 15) is 19.8 Å². The van der Waals surface area contributed by atoms with Gasteiger partial charge in [0.2, 0.25) is 0 Å². The molecule has 10 nitrogen and oxygen atoms in total. The van der Waals surface area contributed by atoms with Crippen LogP contribution in [0.15, 0.2) is 53.0 Å². The van der Waals surface area contributed by atoms with Crippen molar-refractivity contribution in [3.05, 3.63) is 64.1 Å². The fourth-order valence-corrected chi connectivity index (χ4v) is 12.6. The van der Waals surface area contributed by atoms with E-state index in [0.29, 0.717) is 60.9 Å². The van der Waals surface area contributed by atoms with Crippen LogP contribution in [0.4, 0.5) is 5.69 Å². The Bertz CT molecular complexity index is 1630. The molecule has 5 saturated carbocycles. The lowest BCUT2D eigenvalue weighted by atomic mass is 9.44. The number of nitrogens with zero attached hydrogens (tertiary/aromatic N) is 1. The van der Waals surface area contributed by atoms with Crippen LogP contribution in [0.1, 0.15) is 59.7 Å². The van der Waals surface area contributed by atoms with Crippen LogP contribution in [0.5, 0.6) is 0 Å². The number of rotatable bonds is 8. The Hall–Kier alpha value is -2.38.